The maximum absolute atomic E-state index is 13.0. The molecule has 0 bridgehead atoms. The number of pyridine rings is 1. The van der Waals surface area contributed by atoms with Crippen molar-refractivity contribution < 1.29 is 18.0 Å². The lowest BCUT2D eigenvalue weighted by atomic mass is 9.90. The lowest BCUT2D eigenvalue weighted by molar-refractivity contribution is -0.137. The summed E-state index contributed by atoms with van der Waals surface area (Å²) in [6, 6.07) is 9.51. The Bertz CT molecular complexity index is 731. The number of aromatic nitrogens is 1. The van der Waals surface area contributed by atoms with Crippen molar-refractivity contribution in [3.05, 3.63) is 53.7 Å². The number of hydrogen-bond donors (Lipinski definition) is 2. The molecule has 4 nitrogen and oxygen atoms in total. The monoisotopic (exact) mass is 321 g/mol. The number of carbonyl (C=O) groups is 1. The zero-order valence-corrected chi connectivity index (χ0v) is 12.0. The van der Waals surface area contributed by atoms with E-state index in [1.54, 1.807) is 12.1 Å². The normalized spacial score (nSPS) is 17.3. The average Bonchev–Trinajstić information content (AvgIpc) is 2.52. The van der Waals surface area contributed by atoms with E-state index in [-0.39, 0.29) is 30.6 Å². The van der Waals surface area contributed by atoms with Gasteiger partial charge in [0.1, 0.15) is 5.82 Å². The molecule has 1 aliphatic rings. The van der Waals surface area contributed by atoms with Gasteiger partial charge in [0, 0.05) is 30.8 Å². The third-order valence-corrected chi connectivity index (χ3v) is 3.74. The Balaban J connectivity index is 1.81. The largest absolute Gasteiger partial charge is 0.419 e. The molecule has 7 heteroatoms. The van der Waals surface area contributed by atoms with Gasteiger partial charge in [-0.3, -0.25) is 4.79 Å². The van der Waals surface area contributed by atoms with Crippen LogP contribution in [-0.4, -0.2) is 17.4 Å². The van der Waals surface area contributed by atoms with Crippen LogP contribution in [0.5, 0.6) is 0 Å². The first-order valence-electron chi connectivity index (χ1n) is 7.10. The van der Waals surface area contributed by atoms with Crippen LogP contribution in [0, 0.1) is 0 Å². The minimum Gasteiger partial charge on any atom is -0.369 e. The van der Waals surface area contributed by atoms with E-state index in [2.05, 4.69) is 15.6 Å². The molecule has 3 rings (SSSR count). The summed E-state index contributed by atoms with van der Waals surface area (Å²) in [5.74, 6) is -0.570. The van der Waals surface area contributed by atoms with Crippen molar-refractivity contribution in [2.24, 2.45) is 0 Å². The predicted octanol–water partition coefficient (Wildman–Crippen LogP) is 3.64. The van der Waals surface area contributed by atoms with E-state index < -0.39 is 11.7 Å². The molecule has 0 saturated carbocycles. The Morgan fingerprint density at radius 3 is 2.78 bits per heavy atom. The van der Waals surface area contributed by atoms with Gasteiger partial charge in [-0.1, -0.05) is 18.2 Å². The van der Waals surface area contributed by atoms with E-state index in [0.29, 0.717) is 5.69 Å². The summed E-state index contributed by atoms with van der Waals surface area (Å²) in [6.07, 6.45) is -2.95. The molecule has 1 amide bonds. The summed E-state index contributed by atoms with van der Waals surface area (Å²) in [6.45, 7) is 0.199. The maximum atomic E-state index is 13.0. The number of hydrogen-bond acceptors (Lipinski definition) is 3. The van der Waals surface area contributed by atoms with Crippen LogP contribution >= 0.6 is 0 Å². The quantitative estimate of drug-likeness (QED) is 0.907. The van der Waals surface area contributed by atoms with Crippen LogP contribution in [0.25, 0.3) is 0 Å². The van der Waals surface area contributed by atoms with E-state index in [0.717, 1.165) is 11.6 Å². The molecule has 1 atom stereocenters. The van der Waals surface area contributed by atoms with Crippen molar-refractivity contribution in [3.8, 4) is 0 Å². The number of rotatable bonds is 3. The summed E-state index contributed by atoms with van der Waals surface area (Å²) in [4.78, 5) is 15.5. The fourth-order valence-corrected chi connectivity index (χ4v) is 2.68. The van der Waals surface area contributed by atoms with Gasteiger partial charge in [0.2, 0.25) is 5.91 Å². The van der Waals surface area contributed by atoms with Crippen LogP contribution in [0.15, 0.2) is 42.6 Å². The zero-order valence-electron chi connectivity index (χ0n) is 12.0. The molecule has 0 unspecified atom stereocenters. The maximum Gasteiger partial charge on any atom is 0.419 e. The number of benzene rings is 1. The van der Waals surface area contributed by atoms with Crippen LogP contribution in [0.1, 0.15) is 23.5 Å². The van der Waals surface area contributed by atoms with Gasteiger partial charge in [0.15, 0.2) is 0 Å². The summed E-state index contributed by atoms with van der Waals surface area (Å²) >= 11 is 0. The molecule has 120 valence electrons. The molecular weight excluding hydrogens is 307 g/mol. The van der Waals surface area contributed by atoms with Gasteiger partial charge in [0.05, 0.1) is 5.56 Å². The van der Waals surface area contributed by atoms with Crippen molar-refractivity contribution >= 4 is 17.4 Å². The van der Waals surface area contributed by atoms with Gasteiger partial charge in [-0.25, -0.2) is 4.98 Å². The summed E-state index contributed by atoms with van der Waals surface area (Å²) < 4.78 is 38.9. The molecule has 1 aromatic carbocycles. The average molecular weight is 321 g/mol. The molecule has 0 spiro atoms. The Kier molecular flexibility index (Phi) is 3.94. The number of nitrogens with one attached hydrogen (secondary N) is 2. The molecule has 2 N–H and O–H groups in total. The smallest absolute Gasteiger partial charge is 0.369 e. The van der Waals surface area contributed by atoms with Crippen LogP contribution < -0.4 is 10.6 Å². The number of fused-ring (bicyclic) bond motifs is 1. The van der Waals surface area contributed by atoms with Crippen molar-refractivity contribution in [1.29, 1.82) is 0 Å². The van der Waals surface area contributed by atoms with Gasteiger partial charge in [-0.2, -0.15) is 13.2 Å². The van der Waals surface area contributed by atoms with Crippen LogP contribution in [0.4, 0.5) is 24.7 Å². The first-order valence-corrected chi connectivity index (χ1v) is 7.10. The standard InChI is InChI=1S/C16H14F3N3O/c17-16(18,19)12-5-3-7-20-15(12)21-9-10-8-14(23)22-13-6-2-1-4-11(10)13/h1-7,10H,8-9H2,(H,20,21)(H,22,23)/t10-/m1/s1. The van der Waals surface area contributed by atoms with Crippen LogP contribution in [0.2, 0.25) is 0 Å². The lowest BCUT2D eigenvalue weighted by Crippen LogP contribution is -2.27. The van der Waals surface area contributed by atoms with Gasteiger partial charge >= 0.3 is 6.18 Å². The molecule has 23 heavy (non-hydrogen) atoms. The molecule has 1 aromatic heterocycles. The second kappa shape index (κ2) is 5.91. The number of carbonyl (C=O) groups excluding carboxylic acids is 1. The Morgan fingerprint density at radius 1 is 1.22 bits per heavy atom. The highest BCUT2D eigenvalue weighted by atomic mass is 19.4. The molecule has 2 heterocycles. The molecule has 0 fully saturated rings. The predicted molar refractivity (Wildman–Crippen MR) is 80.2 cm³/mol. The molecule has 0 aliphatic carbocycles. The minimum absolute atomic E-state index is 0.146. The zero-order chi connectivity index (χ0) is 16.4. The highest BCUT2D eigenvalue weighted by Crippen LogP contribution is 2.35. The number of anilines is 2. The van der Waals surface area contributed by atoms with E-state index >= 15 is 0 Å². The van der Waals surface area contributed by atoms with Gasteiger partial charge in [-0.05, 0) is 23.8 Å². The van der Waals surface area contributed by atoms with Crippen molar-refractivity contribution in [2.45, 2.75) is 18.5 Å². The Hall–Kier alpha value is -2.57. The lowest BCUT2D eigenvalue weighted by Gasteiger charge is -2.26. The van der Waals surface area contributed by atoms with Gasteiger partial charge in [-0.15, -0.1) is 0 Å². The molecule has 0 radical (unpaired) electrons. The highest BCUT2D eigenvalue weighted by Gasteiger charge is 2.34. The fraction of sp³-hybridized carbons (Fsp3) is 0.250. The van der Waals surface area contributed by atoms with Gasteiger partial charge in [0.25, 0.3) is 0 Å². The molecule has 2 aromatic rings. The topological polar surface area (TPSA) is 54.0 Å². The van der Waals surface area contributed by atoms with Crippen LogP contribution in [0.3, 0.4) is 0 Å². The summed E-state index contributed by atoms with van der Waals surface area (Å²) in [7, 11) is 0. The number of nitrogens with zero attached hydrogens (tertiary/aromatic N) is 1. The Morgan fingerprint density at radius 2 is 2.00 bits per heavy atom. The second-order valence-corrected chi connectivity index (χ2v) is 5.31. The minimum atomic E-state index is -4.47. The fourth-order valence-electron chi connectivity index (χ4n) is 2.68. The summed E-state index contributed by atoms with van der Waals surface area (Å²) in [5.41, 5.74) is 0.797. The third-order valence-electron chi connectivity index (χ3n) is 3.74. The number of para-hydroxylation sites is 1. The SMILES string of the molecule is O=C1C[C@H](CNc2ncccc2C(F)(F)F)c2ccccc2N1. The molecule has 1 aliphatic heterocycles. The van der Waals surface area contributed by atoms with Gasteiger partial charge < -0.3 is 10.6 Å². The highest BCUT2D eigenvalue weighted by molar-refractivity contribution is 5.94. The molecular formula is C16H14F3N3O. The van der Waals surface area contributed by atoms with Crippen molar-refractivity contribution in [3.63, 3.8) is 0 Å². The number of alkyl halides is 3. The van der Waals surface area contributed by atoms with Crippen molar-refractivity contribution in [2.75, 3.05) is 17.2 Å². The number of halogens is 3. The van der Waals surface area contributed by atoms with E-state index in [1.807, 2.05) is 12.1 Å². The van der Waals surface area contributed by atoms with E-state index in [9.17, 15) is 18.0 Å². The first-order chi connectivity index (χ1) is 10.9. The first kappa shape index (κ1) is 15.3. The van der Waals surface area contributed by atoms with Crippen LogP contribution in [-0.2, 0) is 11.0 Å². The summed E-state index contributed by atoms with van der Waals surface area (Å²) in [5, 5.41) is 5.50. The second-order valence-electron chi connectivity index (χ2n) is 5.31. The van der Waals surface area contributed by atoms with Crippen molar-refractivity contribution in [1.82, 2.24) is 4.98 Å². The van der Waals surface area contributed by atoms with E-state index in [1.165, 1.54) is 12.3 Å². The Labute approximate surface area is 130 Å². The third kappa shape index (κ3) is 3.28. The van der Waals surface area contributed by atoms with E-state index in [4.69, 9.17) is 0 Å². The number of amides is 1. The molecule has 0 saturated heterocycles.